The van der Waals surface area contributed by atoms with Gasteiger partial charge in [-0.05, 0) is 49.6 Å². The molecular weight excluding hydrogens is 472 g/mol. The van der Waals surface area contributed by atoms with Crippen molar-refractivity contribution in [1.82, 2.24) is 19.4 Å². The monoisotopic (exact) mass is 504 g/mol. The molecule has 37 heavy (non-hydrogen) atoms. The van der Waals surface area contributed by atoms with Crippen molar-refractivity contribution in [2.24, 2.45) is 0 Å². The highest BCUT2D eigenvalue weighted by molar-refractivity contribution is 6.46. The molecule has 0 spiro atoms. The number of hydrogen-bond donors (Lipinski definition) is 1. The molecule has 1 fully saturated rings. The number of ketones is 1. The average Bonchev–Trinajstić information content (AvgIpc) is 3.52. The van der Waals surface area contributed by atoms with Crippen LogP contribution in [0.5, 0.6) is 11.5 Å². The third kappa shape index (κ3) is 5.82. The Bertz CT molecular complexity index is 1240. The first-order valence-corrected chi connectivity index (χ1v) is 12.6. The molecule has 1 unspecified atom stereocenters. The number of unbranched alkanes of at least 4 members (excludes halogenated alkanes) is 1. The normalized spacial score (nSPS) is 16.8. The zero-order valence-corrected chi connectivity index (χ0v) is 21.2. The van der Waals surface area contributed by atoms with E-state index in [0.717, 1.165) is 12.8 Å². The van der Waals surface area contributed by atoms with Gasteiger partial charge in [-0.25, -0.2) is 4.98 Å². The Hall–Kier alpha value is -4.14. The molecule has 1 aliphatic rings. The smallest absolute Gasteiger partial charge is 0.295 e. The largest absolute Gasteiger partial charge is 0.507 e. The van der Waals surface area contributed by atoms with Gasteiger partial charge >= 0.3 is 0 Å². The van der Waals surface area contributed by atoms with Gasteiger partial charge in [0.1, 0.15) is 5.76 Å². The van der Waals surface area contributed by atoms with E-state index in [1.54, 1.807) is 36.8 Å². The lowest BCUT2D eigenvalue weighted by Crippen LogP contribution is -2.31. The lowest BCUT2D eigenvalue weighted by atomic mass is 9.95. The number of pyridine rings is 1. The lowest BCUT2D eigenvalue weighted by molar-refractivity contribution is -0.139. The Balaban J connectivity index is 1.73. The Kier molecular flexibility index (Phi) is 8.56. The van der Waals surface area contributed by atoms with Crippen LogP contribution in [0.2, 0.25) is 0 Å². The third-order valence-electron chi connectivity index (χ3n) is 6.21. The van der Waals surface area contributed by atoms with E-state index in [1.807, 2.05) is 23.8 Å². The highest BCUT2D eigenvalue weighted by Crippen LogP contribution is 2.42. The van der Waals surface area contributed by atoms with Crippen molar-refractivity contribution in [2.45, 2.75) is 45.7 Å². The molecule has 0 aliphatic carbocycles. The van der Waals surface area contributed by atoms with E-state index < -0.39 is 17.7 Å². The first-order valence-electron chi connectivity index (χ1n) is 12.6. The number of carbonyl (C=O) groups is 2. The number of aryl methyl sites for hydroxylation is 1. The molecule has 4 rings (SSSR count). The minimum atomic E-state index is -0.778. The molecule has 3 aromatic rings. The summed E-state index contributed by atoms with van der Waals surface area (Å²) >= 11 is 0. The minimum Gasteiger partial charge on any atom is -0.507 e. The van der Waals surface area contributed by atoms with Crippen molar-refractivity contribution in [3.8, 4) is 11.5 Å². The second kappa shape index (κ2) is 12.2. The van der Waals surface area contributed by atoms with Gasteiger partial charge in [-0.3, -0.25) is 14.6 Å². The lowest BCUT2D eigenvalue weighted by Gasteiger charge is -2.26. The van der Waals surface area contributed by atoms with Crippen LogP contribution in [-0.4, -0.2) is 56.0 Å². The molecule has 1 amide bonds. The quantitative estimate of drug-likeness (QED) is 0.169. The highest BCUT2D eigenvalue weighted by atomic mass is 16.5. The van der Waals surface area contributed by atoms with Crippen molar-refractivity contribution in [2.75, 3.05) is 19.8 Å². The molecule has 1 N–H and O–H groups in total. The van der Waals surface area contributed by atoms with Crippen molar-refractivity contribution < 1.29 is 24.2 Å². The molecule has 1 atom stereocenters. The number of carbonyl (C=O) groups excluding carboxylic acids is 2. The number of likely N-dealkylation sites (tertiary alicyclic amines) is 1. The first kappa shape index (κ1) is 25.9. The summed E-state index contributed by atoms with van der Waals surface area (Å²) < 4.78 is 13.7. The van der Waals surface area contributed by atoms with E-state index in [0.29, 0.717) is 55.4 Å². The van der Waals surface area contributed by atoms with Gasteiger partial charge in [0.2, 0.25) is 0 Å². The molecule has 2 aromatic heterocycles. The summed E-state index contributed by atoms with van der Waals surface area (Å²) in [4.78, 5) is 36.0. The first-order chi connectivity index (χ1) is 18.0. The third-order valence-corrected chi connectivity index (χ3v) is 6.21. The molecule has 9 heteroatoms. The number of aliphatic hydroxyl groups is 1. The summed E-state index contributed by atoms with van der Waals surface area (Å²) in [6.07, 6.45) is 10.8. The summed E-state index contributed by atoms with van der Waals surface area (Å²) in [5.41, 5.74) is 1.12. The number of amides is 1. The highest BCUT2D eigenvalue weighted by Gasteiger charge is 2.46. The van der Waals surface area contributed by atoms with Gasteiger partial charge in [-0.1, -0.05) is 19.4 Å². The van der Waals surface area contributed by atoms with E-state index in [1.165, 1.54) is 17.3 Å². The summed E-state index contributed by atoms with van der Waals surface area (Å²) in [5, 5.41) is 11.2. The van der Waals surface area contributed by atoms with Crippen LogP contribution in [-0.2, 0) is 16.1 Å². The molecule has 9 nitrogen and oxygen atoms in total. The van der Waals surface area contributed by atoms with E-state index in [9.17, 15) is 14.7 Å². The number of ether oxygens (including phenoxy) is 2. The molecule has 1 aromatic carbocycles. The van der Waals surface area contributed by atoms with Gasteiger partial charge in [-0.15, -0.1) is 0 Å². The fourth-order valence-corrected chi connectivity index (χ4v) is 4.37. The Morgan fingerprint density at radius 3 is 2.49 bits per heavy atom. The number of hydrogen-bond acceptors (Lipinski definition) is 7. The number of aromatic nitrogens is 3. The zero-order valence-electron chi connectivity index (χ0n) is 21.2. The molecule has 0 bridgehead atoms. The summed E-state index contributed by atoms with van der Waals surface area (Å²) in [6, 6.07) is 7.85. The van der Waals surface area contributed by atoms with Crippen molar-refractivity contribution in [1.29, 1.82) is 0 Å². The van der Waals surface area contributed by atoms with Crippen LogP contribution in [0, 0.1) is 0 Å². The van der Waals surface area contributed by atoms with Crippen LogP contribution >= 0.6 is 0 Å². The second-order valence-corrected chi connectivity index (χ2v) is 8.72. The van der Waals surface area contributed by atoms with Crippen LogP contribution in [0.25, 0.3) is 5.76 Å². The fraction of sp³-hybridized carbons (Fsp3) is 0.357. The molecule has 1 aliphatic heterocycles. The van der Waals surface area contributed by atoms with Crippen molar-refractivity contribution in [3.05, 3.63) is 78.1 Å². The van der Waals surface area contributed by atoms with Gasteiger partial charge in [0.05, 0.1) is 31.2 Å². The molecule has 0 saturated carbocycles. The van der Waals surface area contributed by atoms with Gasteiger partial charge in [0.25, 0.3) is 11.7 Å². The van der Waals surface area contributed by atoms with E-state index >= 15 is 0 Å². The molecular formula is C28H32N4O5. The predicted octanol–water partition coefficient (Wildman–Crippen LogP) is 4.37. The topological polar surface area (TPSA) is 107 Å². The average molecular weight is 505 g/mol. The fourth-order valence-electron chi connectivity index (χ4n) is 4.37. The number of imidazole rings is 1. The van der Waals surface area contributed by atoms with Crippen LogP contribution < -0.4 is 9.47 Å². The van der Waals surface area contributed by atoms with Crippen LogP contribution in [0.4, 0.5) is 0 Å². The summed E-state index contributed by atoms with van der Waals surface area (Å²) in [6.45, 7) is 5.91. The number of rotatable bonds is 12. The van der Waals surface area contributed by atoms with Crippen LogP contribution in [0.3, 0.4) is 0 Å². The zero-order chi connectivity index (χ0) is 26.2. The Labute approximate surface area is 216 Å². The maximum Gasteiger partial charge on any atom is 0.295 e. The van der Waals surface area contributed by atoms with E-state index in [2.05, 4.69) is 16.9 Å². The minimum absolute atomic E-state index is 0.0425. The van der Waals surface area contributed by atoms with Crippen molar-refractivity contribution >= 4 is 17.4 Å². The van der Waals surface area contributed by atoms with Gasteiger partial charge in [-0.2, -0.15) is 0 Å². The van der Waals surface area contributed by atoms with Gasteiger partial charge < -0.3 is 24.0 Å². The number of benzene rings is 1. The van der Waals surface area contributed by atoms with Crippen molar-refractivity contribution in [3.63, 3.8) is 0 Å². The molecule has 0 radical (unpaired) electrons. The van der Waals surface area contributed by atoms with E-state index in [-0.39, 0.29) is 11.3 Å². The number of nitrogens with zero attached hydrogens (tertiary/aromatic N) is 4. The molecule has 3 heterocycles. The SMILES string of the molecule is CCCCOc1ccc(C2/C(=C(\O)c3ccncc3)C(=O)C(=O)N2CCCn2ccnc2)cc1OCC. The maximum atomic E-state index is 13.3. The second-order valence-electron chi connectivity index (χ2n) is 8.72. The van der Waals surface area contributed by atoms with Gasteiger partial charge in [0, 0.05) is 43.4 Å². The Morgan fingerprint density at radius 1 is 0.973 bits per heavy atom. The summed E-state index contributed by atoms with van der Waals surface area (Å²) in [7, 11) is 0. The maximum absolute atomic E-state index is 13.3. The van der Waals surface area contributed by atoms with Crippen LogP contribution in [0.15, 0.2) is 67.0 Å². The summed E-state index contributed by atoms with van der Waals surface area (Å²) in [5.74, 6) is -0.464. The Morgan fingerprint density at radius 2 is 1.78 bits per heavy atom. The molecule has 194 valence electrons. The number of Topliss-reactive ketones (excluding diaryl/α,β-unsaturated/α-hetero) is 1. The van der Waals surface area contributed by atoms with Gasteiger partial charge in [0.15, 0.2) is 11.5 Å². The molecule has 1 saturated heterocycles. The standard InChI is InChI=1S/C28H32N4O5/c1-3-5-17-37-22-8-7-21(18-23(22)36-4-2)25-24(26(33)20-9-11-29-12-10-20)27(34)28(35)32(25)15-6-14-31-16-13-30-19-31/h7-13,16,18-19,25,33H,3-6,14-15,17H2,1-2H3/b26-24+. The van der Waals surface area contributed by atoms with Crippen LogP contribution in [0.1, 0.15) is 50.3 Å². The number of aliphatic hydroxyl groups excluding tert-OH is 1. The van der Waals surface area contributed by atoms with E-state index in [4.69, 9.17) is 9.47 Å². The predicted molar refractivity (Wildman–Crippen MR) is 138 cm³/mol.